The molecule has 0 radical (unpaired) electrons. The zero-order valence-electron chi connectivity index (χ0n) is 14.1. The van der Waals surface area contributed by atoms with Crippen molar-refractivity contribution in [3.63, 3.8) is 0 Å². The average Bonchev–Trinajstić information content (AvgIpc) is 2.48. The standard InChI is InChI=1S/C19H32ClN/c1-4-6-7-8-9-10-11-12-19(21-5-2)17-13-14-18(20)16(3)15-17/h13-15,19,21H,4-12H2,1-3H3. The van der Waals surface area contributed by atoms with Gasteiger partial charge in [0.15, 0.2) is 0 Å². The number of unbranched alkanes of at least 4 members (excludes halogenated alkanes) is 6. The smallest absolute Gasteiger partial charge is 0.0435 e. The summed E-state index contributed by atoms with van der Waals surface area (Å²) in [6.45, 7) is 7.56. The van der Waals surface area contributed by atoms with Crippen LogP contribution in [0.1, 0.15) is 82.4 Å². The van der Waals surface area contributed by atoms with Gasteiger partial charge in [0.1, 0.15) is 0 Å². The fraction of sp³-hybridized carbons (Fsp3) is 0.684. The number of hydrogen-bond donors (Lipinski definition) is 1. The van der Waals surface area contributed by atoms with Gasteiger partial charge in [-0.3, -0.25) is 0 Å². The van der Waals surface area contributed by atoms with Gasteiger partial charge in [0.25, 0.3) is 0 Å². The van der Waals surface area contributed by atoms with Gasteiger partial charge in [-0.15, -0.1) is 0 Å². The summed E-state index contributed by atoms with van der Waals surface area (Å²) >= 11 is 6.13. The maximum absolute atomic E-state index is 6.13. The number of hydrogen-bond acceptors (Lipinski definition) is 1. The Morgan fingerprint density at radius 2 is 1.67 bits per heavy atom. The average molecular weight is 310 g/mol. The van der Waals surface area contributed by atoms with Crippen LogP contribution in [0.15, 0.2) is 18.2 Å². The molecule has 0 heterocycles. The zero-order valence-corrected chi connectivity index (χ0v) is 14.8. The van der Waals surface area contributed by atoms with Crippen LogP contribution in [-0.4, -0.2) is 6.54 Å². The Labute approximate surface area is 136 Å². The lowest BCUT2D eigenvalue weighted by atomic mass is 9.98. The molecule has 0 aliphatic carbocycles. The van der Waals surface area contributed by atoms with Crippen LogP contribution in [0, 0.1) is 6.92 Å². The third kappa shape index (κ3) is 7.33. The lowest BCUT2D eigenvalue weighted by molar-refractivity contribution is 0.475. The molecule has 0 aliphatic rings. The molecule has 0 spiro atoms. The van der Waals surface area contributed by atoms with Crippen LogP contribution in [0.25, 0.3) is 0 Å². The molecule has 0 aliphatic heterocycles. The summed E-state index contributed by atoms with van der Waals surface area (Å²) in [5.41, 5.74) is 2.56. The van der Waals surface area contributed by atoms with Gasteiger partial charge in [0.05, 0.1) is 0 Å². The Kier molecular flexibility index (Phi) is 9.78. The summed E-state index contributed by atoms with van der Waals surface area (Å²) in [6, 6.07) is 6.91. The minimum absolute atomic E-state index is 0.474. The zero-order chi connectivity index (χ0) is 15.5. The first-order chi connectivity index (χ1) is 10.2. The number of aryl methyl sites for hydroxylation is 1. The van der Waals surface area contributed by atoms with E-state index in [2.05, 4.69) is 38.2 Å². The van der Waals surface area contributed by atoms with E-state index in [9.17, 15) is 0 Å². The molecule has 1 unspecified atom stereocenters. The van der Waals surface area contributed by atoms with Crippen LogP contribution in [-0.2, 0) is 0 Å². The molecule has 1 aromatic rings. The molecular weight excluding hydrogens is 278 g/mol. The molecule has 1 atom stereocenters. The normalized spacial score (nSPS) is 12.6. The van der Waals surface area contributed by atoms with E-state index >= 15 is 0 Å². The van der Waals surface area contributed by atoms with Crippen molar-refractivity contribution in [2.45, 2.75) is 78.2 Å². The first kappa shape index (κ1) is 18.5. The highest BCUT2D eigenvalue weighted by molar-refractivity contribution is 6.31. The molecule has 0 bridgehead atoms. The van der Waals surface area contributed by atoms with E-state index in [1.807, 2.05) is 6.07 Å². The van der Waals surface area contributed by atoms with Crippen LogP contribution >= 0.6 is 11.6 Å². The van der Waals surface area contributed by atoms with Gasteiger partial charge in [-0.25, -0.2) is 0 Å². The highest BCUT2D eigenvalue weighted by Crippen LogP contribution is 2.24. The molecule has 0 saturated heterocycles. The fourth-order valence-electron chi connectivity index (χ4n) is 2.82. The second-order valence-corrected chi connectivity index (χ2v) is 6.44. The highest BCUT2D eigenvalue weighted by atomic mass is 35.5. The van der Waals surface area contributed by atoms with Crippen LogP contribution in [0.3, 0.4) is 0 Å². The molecule has 1 N–H and O–H groups in total. The summed E-state index contributed by atoms with van der Waals surface area (Å²) in [5, 5.41) is 4.48. The predicted octanol–water partition coefficient (Wildman–Crippen LogP) is 6.44. The second kappa shape index (κ2) is 11.1. The van der Waals surface area contributed by atoms with E-state index < -0.39 is 0 Å². The largest absolute Gasteiger partial charge is 0.310 e. The van der Waals surface area contributed by atoms with Crippen molar-refractivity contribution in [1.29, 1.82) is 0 Å². The van der Waals surface area contributed by atoms with Crippen molar-refractivity contribution in [3.8, 4) is 0 Å². The van der Waals surface area contributed by atoms with Crippen molar-refractivity contribution >= 4 is 11.6 Å². The van der Waals surface area contributed by atoms with Crippen LogP contribution < -0.4 is 5.32 Å². The van der Waals surface area contributed by atoms with Gasteiger partial charge < -0.3 is 5.32 Å². The van der Waals surface area contributed by atoms with E-state index in [1.54, 1.807) is 0 Å². The van der Waals surface area contributed by atoms with Crippen molar-refractivity contribution in [2.24, 2.45) is 0 Å². The molecule has 2 heteroatoms. The van der Waals surface area contributed by atoms with Crippen molar-refractivity contribution in [2.75, 3.05) is 6.54 Å². The van der Waals surface area contributed by atoms with E-state index in [1.165, 1.54) is 62.5 Å². The molecule has 0 saturated carbocycles. The van der Waals surface area contributed by atoms with E-state index in [0.717, 1.165) is 11.6 Å². The van der Waals surface area contributed by atoms with Gasteiger partial charge in [-0.05, 0) is 37.1 Å². The van der Waals surface area contributed by atoms with Crippen molar-refractivity contribution < 1.29 is 0 Å². The van der Waals surface area contributed by atoms with Crippen LogP contribution in [0.2, 0.25) is 5.02 Å². The SMILES string of the molecule is CCCCCCCCCC(NCC)c1ccc(Cl)c(C)c1. The Morgan fingerprint density at radius 3 is 2.29 bits per heavy atom. The molecule has 0 aromatic heterocycles. The first-order valence-electron chi connectivity index (χ1n) is 8.68. The number of benzene rings is 1. The minimum atomic E-state index is 0.474. The summed E-state index contributed by atoms with van der Waals surface area (Å²) < 4.78 is 0. The quantitative estimate of drug-likeness (QED) is 0.464. The summed E-state index contributed by atoms with van der Waals surface area (Å²) in [5.74, 6) is 0. The Bertz CT molecular complexity index is 389. The number of rotatable bonds is 11. The van der Waals surface area contributed by atoms with Crippen molar-refractivity contribution in [3.05, 3.63) is 34.3 Å². The molecule has 21 heavy (non-hydrogen) atoms. The summed E-state index contributed by atoms with van der Waals surface area (Å²) in [7, 11) is 0. The van der Waals surface area contributed by atoms with Crippen LogP contribution in [0.5, 0.6) is 0 Å². The van der Waals surface area contributed by atoms with E-state index in [-0.39, 0.29) is 0 Å². The summed E-state index contributed by atoms with van der Waals surface area (Å²) in [4.78, 5) is 0. The molecule has 1 rings (SSSR count). The van der Waals surface area contributed by atoms with Gasteiger partial charge in [0, 0.05) is 11.1 Å². The molecule has 1 nitrogen and oxygen atoms in total. The maximum atomic E-state index is 6.13. The Morgan fingerprint density at radius 1 is 1.00 bits per heavy atom. The Hall–Kier alpha value is -0.530. The molecule has 0 fully saturated rings. The van der Waals surface area contributed by atoms with Gasteiger partial charge in [-0.2, -0.15) is 0 Å². The lowest BCUT2D eigenvalue weighted by Crippen LogP contribution is -2.21. The predicted molar refractivity (Wildman–Crippen MR) is 95.2 cm³/mol. The monoisotopic (exact) mass is 309 g/mol. The third-order valence-electron chi connectivity index (χ3n) is 4.13. The van der Waals surface area contributed by atoms with Gasteiger partial charge in [0.2, 0.25) is 0 Å². The second-order valence-electron chi connectivity index (χ2n) is 6.03. The number of halogens is 1. The summed E-state index contributed by atoms with van der Waals surface area (Å²) in [6.07, 6.45) is 10.8. The molecule has 0 amide bonds. The third-order valence-corrected chi connectivity index (χ3v) is 4.56. The molecular formula is C19H32ClN. The van der Waals surface area contributed by atoms with Crippen molar-refractivity contribution in [1.82, 2.24) is 5.32 Å². The minimum Gasteiger partial charge on any atom is -0.310 e. The maximum Gasteiger partial charge on any atom is 0.0435 e. The van der Waals surface area contributed by atoms with Gasteiger partial charge >= 0.3 is 0 Å². The Balaban J connectivity index is 2.37. The molecule has 120 valence electrons. The van der Waals surface area contributed by atoms with E-state index in [0.29, 0.717) is 6.04 Å². The molecule has 1 aromatic carbocycles. The lowest BCUT2D eigenvalue weighted by Gasteiger charge is -2.19. The number of nitrogens with one attached hydrogen (secondary N) is 1. The first-order valence-corrected chi connectivity index (χ1v) is 9.06. The van der Waals surface area contributed by atoms with E-state index in [4.69, 9.17) is 11.6 Å². The topological polar surface area (TPSA) is 12.0 Å². The fourth-order valence-corrected chi connectivity index (χ4v) is 2.94. The van der Waals surface area contributed by atoms with Crippen LogP contribution in [0.4, 0.5) is 0 Å². The van der Waals surface area contributed by atoms with Gasteiger partial charge in [-0.1, -0.05) is 82.5 Å². The highest BCUT2D eigenvalue weighted by Gasteiger charge is 2.10.